The summed E-state index contributed by atoms with van der Waals surface area (Å²) in [4.78, 5) is 0. The van der Waals surface area contributed by atoms with Gasteiger partial charge in [0.1, 0.15) is 0 Å². The van der Waals surface area contributed by atoms with Crippen LogP contribution in [0.25, 0.3) is 0 Å². The first-order valence-corrected chi connectivity index (χ1v) is 5.60. The van der Waals surface area contributed by atoms with Crippen LogP contribution >= 0.6 is 0 Å². The fourth-order valence-electron chi connectivity index (χ4n) is 2.44. The van der Waals surface area contributed by atoms with Crippen LogP contribution in [0.3, 0.4) is 0 Å². The summed E-state index contributed by atoms with van der Waals surface area (Å²) < 4.78 is 10.5. The van der Waals surface area contributed by atoms with E-state index in [9.17, 15) is 0 Å². The summed E-state index contributed by atoms with van der Waals surface area (Å²) in [6.07, 6.45) is 1.17. The van der Waals surface area contributed by atoms with Crippen molar-refractivity contribution < 1.29 is 9.47 Å². The largest absolute Gasteiger partial charge is 0.493 e. The third-order valence-electron chi connectivity index (χ3n) is 3.78. The first-order valence-electron chi connectivity index (χ1n) is 5.60. The Morgan fingerprint density at radius 2 is 1.94 bits per heavy atom. The van der Waals surface area contributed by atoms with Gasteiger partial charge in [0.2, 0.25) is 0 Å². The van der Waals surface area contributed by atoms with Crippen LogP contribution in [0.4, 0.5) is 0 Å². The third kappa shape index (κ3) is 1.55. The maximum Gasteiger partial charge on any atom is 0.161 e. The molecule has 0 aromatic heterocycles. The van der Waals surface area contributed by atoms with Gasteiger partial charge in [-0.05, 0) is 30.0 Å². The highest BCUT2D eigenvalue weighted by Gasteiger charge is 2.51. The van der Waals surface area contributed by atoms with Crippen molar-refractivity contribution >= 4 is 0 Å². The Bertz CT molecular complexity index is 388. The first-order chi connectivity index (χ1) is 7.67. The van der Waals surface area contributed by atoms with Gasteiger partial charge in [-0.15, -0.1) is 0 Å². The van der Waals surface area contributed by atoms with Crippen molar-refractivity contribution in [2.75, 3.05) is 20.8 Å². The molecule has 1 aromatic carbocycles. The monoisotopic (exact) mass is 221 g/mol. The van der Waals surface area contributed by atoms with Crippen molar-refractivity contribution in [1.82, 2.24) is 0 Å². The number of benzene rings is 1. The average molecular weight is 221 g/mol. The molecular formula is C13H19NO2. The smallest absolute Gasteiger partial charge is 0.161 e. The van der Waals surface area contributed by atoms with Gasteiger partial charge in [-0.2, -0.15) is 0 Å². The summed E-state index contributed by atoms with van der Waals surface area (Å²) in [5, 5.41) is 0. The summed E-state index contributed by atoms with van der Waals surface area (Å²) in [6.45, 7) is 2.94. The molecule has 1 aliphatic carbocycles. The van der Waals surface area contributed by atoms with Crippen LogP contribution in [0.1, 0.15) is 18.9 Å². The standard InChI is InChI=1S/C13H19NO2/c1-9-7-13(9,8-14)10-4-5-11(15-2)12(6-10)16-3/h4-6,9H,7-8,14H2,1-3H3. The predicted molar refractivity (Wildman–Crippen MR) is 64.1 cm³/mol. The van der Waals surface area contributed by atoms with Crippen LogP contribution in [0.15, 0.2) is 18.2 Å². The molecule has 88 valence electrons. The molecule has 0 saturated heterocycles. The molecule has 2 atom stereocenters. The van der Waals surface area contributed by atoms with E-state index in [0.717, 1.165) is 11.5 Å². The Hall–Kier alpha value is -1.22. The van der Waals surface area contributed by atoms with Gasteiger partial charge >= 0.3 is 0 Å². The Labute approximate surface area is 96.5 Å². The Balaban J connectivity index is 2.37. The minimum atomic E-state index is 0.166. The molecule has 0 amide bonds. The molecule has 2 rings (SSSR count). The lowest BCUT2D eigenvalue weighted by Crippen LogP contribution is -2.21. The average Bonchev–Trinajstić information content (AvgIpc) is 3.00. The van der Waals surface area contributed by atoms with Gasteiger partial charge in [-0.1, -0.05) is 13.0 Å². The summed E-state index contributed by atoms with van der Waals surface area (Å²) in [6, 6.07) is 6.10. The minimum absolute atomic E-state index is 0.166. The molecule has 2 unspecified atom stereocenters. The molecule has 0 radical (unpaired) electrons. The lowest BCUT2D eigenvalue weighted by molar-refractivity contribution is 0.354. The van der Waals surface area contributed by atoms with Crippen LogP contribution in [0, 0.1) is 5.92 Å². The van der Waals surface area contributed by atoms with Crippen LogP contribution in [-0.2, 0) is 5.41 Å². The van der Waals surface area contributed by atoms with E-state index in [4.69, 9.17) is 15.2 Å². The quantitative estimate of drug-likeness (QED) is 0.845. The number of methoxy groups -OCH3 is 2. The van der Waals surface area contributed by atoms with E-state index in [-0.39, 0.29) is 5.41 Å². The number of hydrogen-bond acceptors (Lipinski definition) is 3. The zero-order chi connectivity index (χ0) is 11.8. The van der Waals surface area contributed by atoms with E-state index in [1.54, 1.807) is 14.2 Å². The second-order valence-electron chi connectivity index (χ2n) is 4.54. The van der Waals surface area contributed by atoms with Crippen molar-refractivity contribution in [3.05, 3.63) is 23.8 Å². The first kappa shape index (κ1) is 11.3. The minimum Gasteiger partial charge on any atom is -0.493 e. The lowest BCUT2D eigenvalue weighted by atomic mass is 9.93. The fourth-order valence-corrected chi connectivity index (χ4v) is 2.44. The molecule has 3 nitrogen and oxygen atoms in total. The number of hydrogen-bond donors (Lipinski definition) is 1. The molecule has 0 heterocycles. The van der Waals surface area contributed by atoms with Crippen LogP contribution in [0.2, 0.25) is 0 Å². The Morgan fingerprint density at radius 1 is 1.31 bits per heavy atom. The van der Waals surface area contributed by atoms with Gasteiger partial charge in [-0.25, -0.2) is 0 Å². The number of ether oxygens (including phenoxy) is 2. The summed E-state index contributed by atoms with van der Waals surface area (Å²) in [7, 11) is 3.31. The van der Waals surface area contributed by atoms with E-state index in [1.165, 1.54) is 12.0 Å². The molecule has 0 bridgehead atoms. The van der Waals surface area contributed by atoms with Crippen molar-refractivity contribution in [3.8, 4) is 11.5 Å². The molecule has 1 aromatic rings. The Morgan fingerprint density at radius 3 is 2.38 bits per heavy atom. The molecular weight excluding hydrogens is 202 g/mol. The molecule has 16 heavy (non-hydrogen) atoms. The topological polar surface area (TPSA) is 44.5 Å². The third-order valence-corrected chi connectivity index (χ3v) is 3.78. The van der Waals surface area contributed by atoms with Gasteiger partial charge in [0.15, 0.2) is 11.5 Å². The Kier molecular flexibility index (Phi) is 2.80. The molecule has 1 saturated carbocycles. The molecule has 2 N–H and O–H groups in total. The normalized spacial score (nSPS) is 27.6. The van der Waals surface area contributed by atoms with Crippen LogP contribution < -0.4 is 15.2 Å². The summed E-state index contributed by atoms with van der Waals surface area (Å²) >= 11 is 0. The van der Waals surface area contributed by atoms with Gasteiger partial charge in [0, 0.05) is 12.0 Å². The lowest BCUT2D eigenvalue weighted by Gasteiger charge is -2.17. The highest BCUT2D eigenvalue weighted by atomic mass is 16.5. The maximum atomic E-state index is 5.88. The van der Waals surface area contributed by atoms with Crippen molar-refractivity contribution in [2.24, 2.45) is 11.7 Å². The molecule has 1 fully saturated rings. The SMILES string of the molecule is COc1ccc(C2(CN)CC2C)cc1OC. The maximum absolute atomic E-state index is 5.88. The molecule has 1 aliphatic rings. The van der Waals surface area contributed by atoms with Crippen molar-refractivity contribution in [3.63, 3.8) is 0 Å². The van der Waals surface area contributed by atoms with Crippen LogP contribution in [0.5, 0.6) is 11.5 Å². The van der Waals surface area contributed by atoms with Gasteiger partial charge in [-0.3, -0.25) is 0 Å². The van der Waals surface area contributed by atoms with E-state index < -0.39 is 0 Å². The zero-order valence-corrected chi connectivity index (χ0v) is 10.1. The van der Waals surface area contributed by atoms with Gasteiger partial charge in [0.25, 0.3) is 0 Å². The summed E-state index contributed by atoms with van der Waals surface area (Å²) in [5.41, 5.74) is 7.31. The van der Waals surface area contributed by atoms with Crippen LogP contribution in [-0.4, -0.2) is 20.8 Å². The van der Waals surface area contributed by atoms with E-state index >= 15 is 0 Å². The van der Waals surface area contributed by atoms with E-state index in [0.29, 0.717) is 12.5 Å². The van der Waals surface area contributed by atoms with Crippen molar-refractivity contribution in [1.29, 1.82) is 0 Å². The molecule has 0 aliphatic heterocycles. The predicted octanol–water partition coefficient (Wildman–Crippen LogP) is 1.94. The van der Waals surface area contributed by atoms with E-state index in [2.05, 4.69) is 19.1 Å². The van der Waals surface area contributed by atoms with Gasteiger partial charge < -0.3 is 15.2 Å². The summed E-state index contributed by atoms with van der Waals surface area (Å²) in [5.74, 6) is 2.22. The number of rotatable bonds is 4. The molecule has 0 spiro atoms. The van der Waals surface area contributed by atoms with Gasteiger partial charge in [0.05, 0.1) is 14.2 Å². The number of nitrogens with two attached hydrogens (primary N) is 1. The second kappa shape index (κ2) is 3.98. The van der Waals surface area contributed by atoms with Crippen molar-refractivity contribution in [2.45, 2.75) is 18.8 Å². The van der Waals surface area contributed by atoms with E-state index in [1.807, 2.05) is 6.07 Å². The fraction of sp³-hybridized carbons (Fsp3) is 0.538. The zero-order valence-electron chi connectivity index (χ0n) is 10.1. The molecule has 3 heteroatoms. The highest BCUT2D eigenvalue weighted by Crippen LogP contribution is 2.54. The second-order valence-corrected chi connectivity index (χ2v) is 4.54. The highest BCUT2D eigenvalue weighted by molar-refractivity contribution is 5.47.